The Kier molecular flexibility index (Phi) is 22.8. The van der Waals surface area contributed by atoms with Crippen molar-refractivity contribution >= 4 is 18.4 Å². The predicted octanol–water partition coefficient (Wildman–Crippen LogP) is 5.39. The lowest BCUT2D eigenvalue weighted by molar-refractivity contribution is -0.140. The summed E-state index contributed by atoms with van der Waals surface area (Å²) in [5.74, 6) is -0.767. The van der Waals surface area contributed by atoms with Crippen LogP contribution in [-0.4, -0.2) is 47.9 Å². The van der Waals surface area contributed by atoms with Crippen molar-refractivity contribution in [3.63, 3.8) is 0 Å². The van der Waals surface area contributed by atoms with Crippen LogP contribution in [0.1, 0.15) is 105 Å². The van der Waals surface area contributed by atoms with Crippen LogP contribution < -0.4 is 10.6 Å². The van der Waals surface area contributed by atoms with E-state index in [0.717, 1.165) is 25.9 Å². The summed E-state index contributed by atoms with van der Waals surface area (Å²) in [6.45, 7) is 10.6. The summed E-state index contributed by atoms with van der Waals surface area (Å²) < 4.78 is 0. The fourth-order valence-electron chi connectivity index (χ4n) is 3.43. The van der Waals surface area contributed by atoms with E-state index in [4.69, 9.17) is 0 Å². The zero-order valence-electron chi connectivity index (χ0n) is 19.0. The normalized spacial score (nSPS) is 13.3. The second-order valence-electron chi connectivity index (χ2n) is 7.86. The highest BCUT2D eigenvalue weighted by molar-refractivity contribution is 5.85. The van der Waals surface area contributed by atoms with Crippen LogP contribution in [0.15, 0.2) is 0 Å². The molecule has 2 unspecified atom stereocenters. The predicted molar refractivity (Wildman–Crippen MR) is 123 cm³/mol. The topological polar surface area (TPSA) is 64.6 Å². The lowest BCUT2D eigenvalue weighted by Crippen LogP contribution is -2.55. The van der Waals surface area contributed by atoms with Crippen LogP contribution in [0.5, 0.6) is 0 Å². The van der Waals surface area contributed by atoms with Gasteiger partial charge in [0.05, 0.1) is 18.9 Å². The highest BCUT2D eigenvalue weighted by atomic mass is 35.5. The van der Waals surface area contributed by atoms with Crippen molar-refractivity contribution < 1.29 is 9.90 Å². The van der Waals surface area contributed by atoms with Crippen molar-refractivity contribution in [2.75, 3.05) is 19.6 Å². The highest BCUT2D eigenvalue weighted by Crippen LogP contribution is 2.07. The first-order valence-corrected chi connectivity index (χ1v) is 11.5. The number of carboxylic acid groups (broad SMARTS) is 1. The Morgan fingerprint density at radius 3 is 1.46 bits per heavy atom. The molecule has 0 fully saturated rings. The van der Waals surface area contributed by atoms with E-state index in [2.05, 4.69) is 38.3 Å². The van der Waals surface area contributed by atoms with Crippen molar-refractivity contribution in [1.82, 2.24) is 15.5 Å². The van der Waals surface area contributed by atoms with Crippen molar-refractivity contribution in [3.8, 4) is 0 Å². The van der Waals surface area contributed by atoms with Crippen LogP contribution in [0.2, 0.25) is 0 Å². The first kappa shape index (κ1) is 29.8. The van der Waals surface area contributed by atoms with Gasteiger partial charge in [-0.2, -0.15) is 0 Å². The Labute approximate surface area is 180 Å². The molecule has 5 nitrogen and oxygen atoms in total. The number of aliphatic carboxylic acids is 1. The van der Waals surface area contributed by atoms with Crippen LogP contribution in [-0.2, 0) is 4.79 Å². The summed E-state index contributed by atoms with van der Waals surface area (Å²) in [5.41, 5.74) is 0. The maximum absolute atomic E-state index is 11.3. The second-order valence-corrected chi connectivity index (χ2v) is 7.86. The van der Waals surface area contributed by atoms with E-state index in [1.165, 1.54) is 64.2 Å². The van der Waals surface area contributed by atoms with Crippen molar-refractivity contribution in [1.29, 1.82) is 0 Å². The van der Waals surface area contributed by atoms with Gasteiger partial charge in [-0.3, -0.25) is 9.69 Å². The fourth-order valence-corrected chi connectivity index (χ4v) is 3.43. The van der Waals surface area contributed by atoms with Gasteiger partial charge in [-0.05, 0) is 39.8 Å². The maximum Gasteiger partial charge on any atom is 0.317 e. The number of rotatable bonds is 20. The summed E-state index contributed by atoms with van der Waals surface area (Å²) in [4.78, 5) is 13.3. The molecule has 0 saturated carbocycles. The molecule has 0 amide bonds. The van der Waals surface area contributed by atoms with Crippen LogP contribution >= 0.6 is 12.4 Å². The first-order valence-electron chi connectivity index (χ1n) is 11.5. The molecule has 0 spiro atoms. The zero-order chi connectivity index (χ0) is 20.3. The van der Waals surface area contributed by atoms with Gasteiger partial charge in [-0.25, -0.2) is 0 Å². The average Bonchev–Trinajstić information content (AvgIpc) is 2.64. The molecule has 0 saturated heterocycles. The van der Waals surface area contributed by atoms with Gasteiger partial charge < -0.3 is 15.7 Å². The number of hydrogen-bond acceptors (Lipinski definition) is 4. The molecule has 0 radical (unpaired) electrons. The Morgan fingerprint density at radius 2 is 1.11 bits per heavy atom. The van der Waals surface area contributed by atoms with E-state index in [1.54, 1.807) is 0 Å². The van der Waals surface area contributed by atoms with Crippen molar-refractivity contribution in [3.05, 3.63) is 0 Å². The number of hydrogen-bond donors (Lipinski definition) is 3. The third-order valence-corrected chi connectivity index (χ3v) is 5.25. The molecular formula is C22H48ClN3O2. The third kappa shape index (κ3) is 17.7. The van der Waals surface area contributed by atoms with E-state index >= 15 is 0 Å². The van der Waals surface area contributed by atoms with E-state index in [-0.39, 0.29) is 31.3 Å². The van der Waals surface area contributed by atoms with Crippen LogP contribution in [0.25, 0.3) is 0 Å². The largest absolute Gasteiger partial charge is 0.480 e. The van der Waals surface area contributed by atoms with Gasteiger partial charge in [0.15, 0.2) is 0 Å². The van der Waals surface area contributed by atoms with Crippen LogP contribution in [0, 0.1) is 0 Å². The van der Waals surface area contributed by atoms with Gasteiger partial charge in [0.25, 0.3) is 0 Å². The Morgan fingerprint density at radius 1 is 0.750 bits per heavy atom. The molecule has 28 heavy (non-hydrogen) atoms. The molecule has 0 rings (SSSR count). The summed E-state index contributed by atoms with van der Waals surface area (Å²) in [5, 5.41) is 16.3. The molecule has 0 aliphatic carbocycles. The minimum absolute atomic E-state index is 0. The van der Waals surface area contributed by atoms with Gasteiger partial charge in [-0.1, -0.05) is 78.1 Å². The Balaban J connectivity index is 0. The summed E-state index contributed by atoms with van der Waals surface area (Å²) >= 11 is 0. The number of nitrogens with one attached hydrogen (secondary N) is 2. The maximum atomic E-state index is 11.3. The van der Waals surface area contributed by atoms with E-state index in [0.29, 0.717) is 0 Å². The number of nitrogens with zero attached hydrogens (tertiary/aromatic N) is 1. The SMILES string of the molecule is CCCCCCCCNC(C)N(CC(=O)O)C(C)NCCCCCCCC.Cl. The molecule has 0 heterocycles. The lowest BCUT2D eigenvalue weighted by Gasteiger charge is -2.34. The van der Waals surface area contributed by atoms with Crippen molar-refractivity contribution in [2.45, 2.75) is 117 Å². The Hall–Kier alpha value is -0.360. The molecule has 6 heteroatoms. The number of unbranched alkanes of at least 4 members (excludes halogenated alkanes) is 10. The van der Waals surface area contributed by atoms with Gasteiger partial charge in [0.1, 0.15) is 0 Å². The summed E-state index contributed by atoms with van der Waals surface area (Å²) in [6, 6.07) is 0. The number of halogens is 1. The average molecular weight is 422 g/mol. The zero-order valence-corrected chi connectivity index (χ0v) is 19.8. The lowest BCUT2D eigenvalue weighted by atomic mass is 10.1. The molecule has 0 bridgehead atoms. The molecule has 2 atom stereocenters. The minimum Gasteiger partial charge on any atom is -0.480 e. The van der Waals surface area contributed by atoms with E-state index in [9.17, 15) is 9.90 Å². The quantitative estimate of drug-likeness (QED) is 0.182. The van der Waals surface area contributed by atoms with E-state index < -0.39 is 5.97 Å². The highest BCUT2D eigenvalue weighted by Gasteiger charge is 2.21. The van der Waals surface area contributed by atoms with Crippen LogP contribution in [0.3, 0.4) is 0 Å². The molecule has 0 aromatic rings. The van der Waals surface area contributed by atoms with Gasteiger partial charge in [0.2, 0.25) is 0 Å². The van der Waals surface area contributed by atoms with Gasteiger partial charge in [0, 0.05) is 0 Å². The number of carboxylic acids is 1. The molecule has 170 valence electrons. The van der Waals surface area contributed by atoms with Gasteiger partial charge >= 0.3 is 5.97 Å². The standard InChI is InChI=1S/C22H47N3O2.ClH/c1-5-7-9-11-13-15-17-23-20(3)25(19-22(26)27)21(4)24-18-16-14-12-10-8-6-2;/h20-21,23-24H,5-19H2,1-4H3,(H,26,27);1H. The minimum atomic E-state index is -0.767. The summed E-state index contributed by atoms with van der Waals surface area (Å²) in [6.07, 6.45) is 15.4. The molecule has 0 aromatic carbocycles. The summed E-state index contributed by atoms with van der Waals surface area (Å²) in [7, 11) is 0. The monoisotopic (exact) mass is 421 g/mol. The van der Waals surface area contributed by atoms with Crippen LogP contribution in [0.4, 0.5) is 0 Å². The van der Waals surface area contributed by atoms with E-state index in [1.807, 2.05) is 4.90 Å². The Bertz CT molecular complexity index is 322. The first-order chi connectivity index (χ1) is 13.0. The number of carbonyl (C=O) groups is 1. The molecular weight excluding hydrogens is 374 g/mol. The molecule has 3 N–H and O–H groups in total. The fraction of sp³-hybridized carbons (Fsp3) is 0.955. The molecule has 0 aliphatic heterocycles. The second kappa shape index (κ2) is 21.4. The third-order valence-electron chi connectivity index (χ3n) is 5.25. The molecule has 0 aromatic heterocycles. The van der Waals surface area contributed by atoms with Gasteiger partial charge in [-0.15, -0.1) is 12.4 Å². The molecule has 0 aliphatic rings. The smallest absolute Gasteiger partial charge is 0.317 e. The van der Waals surface area contributed by atoms with Crippen molar-refractivity contribution in [2.24, 2.45) is 0 Å².